The lowest BCUT2D eigenvalue weighted by Gasteiger charge is -2.15. The number of amides is 1. The van der Waals surface area contributed by atoms with Crippen LogP contribution in [0, 0.1) is 0 Å². The van der Waals surface area contributed by atoms with Gasteiger partial charge in [-0.05, 0) is 25.0 Å². The molecule has 1 fully saturated rings. The van der Waals surface area contributed by atoms with Gasteiger partial charge in [-0.25, -0.2) is 4.98 Å². The maximum Gasteiger partial charge on any atom is 0.233 e. The van der Waals surface area contributed by atoms with Gasteiger partial charge in [0.1, 0.15) is 5.75 Å². The van der Waals surface area contributed by atoms with E-state index in [1.54, 1.807) is 7.11 Å². The van der Waals surface area contributed by atoms with Gasteiger partial charge in [-0.3, -0.25) is 4.79 Å². The zero-order valence-corrected chi connectivity index (χ0v) is 12.4. The van der Waals surface area contributed by atoms with Gasteiger partial charge in [0.15, 0.2) is 5.16 Å². The molecular formula is C14H17N3O2S. The van der Waals surface area contributed by atoms with Crippen LogP contribution in [0.4, 0.5) is 0 Å². The van der Waals surface area contributed by atoms with Gasteiger partial charge in [-0.2, -0.15) is 0 Å². The number of rotatable bonds is 5. The number of benzene rings is 1. The first-order valence-corrected chi connectivity index (χ1v) is 7.58. The van der Waals surface area contributed by atoms with Crippen LogP contribution in [0.3, 0.4) is 0 Å². The number of hydrogen-bond acceptors (Lipinski definition) is 4. The summed E-state index contributed by atoms with van der Waals surface area (Å²) in [7, 11) is 3.52. The maximum absolute atomic E-state index is 12.0. The Bertz CT molecular complexity index is 636. The molecule has 106 valence electrons. The van der Waals surface area contributed by atoms with Crippen LogP contribution in [-0.4, -0.2) is 46.7 Å². The average molecular weight is 291 g/mol. The molecule has 6 heteroatoms. The van der Waals surface area contributed by atoms with Crippen LogP contribution < -0.4 is 4.74 Å². The van der Waals surface area contributed by atoms with Crippen LogP contribution in [0.15, 0.2) is 23.4 Å². The van der Waals surface area contributed by atoms with Crippen molar-refractivity contribution in [2.75, 3.05) is 19.9 Å². The molecule has 0 radical (unpaired) electrons. The Labute approximate surface area is 121 Å². The van der Waals surface area contributed by atoms with Crippen molar-refractivity contribution < 1.29 is 9.53 Å². The minimum atomic E-state index is 0.163. The summed E-state index contributed by atoms with van der Waals surface area (Å²) in [4.78, 5) is 21.5. The van der Waals surface area contributed by atoms with E-state index in [1.165, 1.54) is 11.8 Å². The highest BCUT2D eigenvalue weighted by atomic mass is 32.2. The van der Waals surface area contributed by atoms with Gasteiger partial charge in [0.2, 0.25) is 5.91 Å². The largest absolute Gasteiger partial charge is 0.497 e. The summed E-state index contributed by atoms with van der Waals surface area (Å²) in [5.74, 6) is 1.38. The summed E-state index contributed by atoms with van der Waals surface area (Å²) in [6.07, 6.45) is 2.27. The van der Waals surface area contributed by atoms with E-state index in [9.17, 15) is 4.79 Å². The number of nitrogens with one attached hydrogen (secondary N) is 1. The third kappa shape index (κ3) is 2.75. The smallest absolute Gasteiger partial charge is 0.233 e. The van der Waals surface area contributed by atoms with Gasteiger partial charge in [-0.15, -0.1) is 0 Å². The van der Waals surface area contributed by atoms with E-state index in [0.717, 1.165) is 34.8 Å². The van der Waals surface area contributed by atoms with Crippen LogP contribution in [0.5, 0.6) is 5.75 Å². The number of imidazole rings is 1. The van der Waals surface area contributed by atoms with Crippen molar-refractivity contribution in [3.05, 3.63) is 18.2 Å². The molecule has 0 atom stereocenters. The predicted octanol–water partition coefficient (Wildman–Crippen LogP) is 2.28. The monoisotopic (exact) mass is 291 g/mol. The lowest BCUT2D eigenvalue weighted by Crippen LogP contribution is -2.30. The van der Waals surface area contributed by atoms with Crippen molar-refractivity contribution in [3.63, 3.8) is 0 Å². The summed E-state index contributed by atoms with van der Waals surface area (Å²) in [6, 6.07) is 6.16. The fraction of sp³-hybridized carbons (Fsp3) is 0.429. The third-order valence-electron chi connectivity index (χ3n) is 3.49. The summed E-state index contributed by atoms with van der Waals surface area (Å²) >= 11 is 1.44. The molecule has 0 spiro atoms. The van der Waals surface area contributed by atoms with Crippen LogP contribution in [0.25, 0.3) is 11.0 Å². The molecule has 1 N–H and O–H groups in total. The molecule has 1 aliphatic carbocycles. The fourth-order valence-corrected chi connectivity index (χ4v) is 2.87. The molecule has 1 aromatic carbocycles. The number of aromatic nitrogens is 2. The Kier molecular flexibility index (Phi) is 3.56. The van der Waals surface area contributed by atoms with Gasteiger partial charge >= 0.3 is 0 Å². The zero-order chi connectivity index (χ0) is 14.1. The maximum atomic E-state index is 12.0. The Hall–Kier alpha value is -1.69. The molecule has 1 aliphatic rings. The lowest BCUT2D eigenvalue weighted by molar-refractivity contribution is -0.127. The molecule has 20 heavy (non-hydrogen) atoms. The molecule has 1 saturated carbocycles. The molecule has 0 saturated heterocycles. The number of methoxy groups -OCH3 is 1. The molecule has 5 nitrogen and oxygen atoms in total. The number of nitrogens with zero attached hydrogens (tertiary/aromatic N) is 2. The van der Waals surface area contributed by atoms with Crippen molar-refractivity contribution in [3.8, 4) is 5.75 Å². The highest BCUT2D eigenvalue weighted by Gasteiger charge is 2.29. The van der Waals surface area contributed by atoms with Gasteiger partial charge in [-0.1, -0.05) is 11.8 Å². The van der Waals surface area contributed by atoms with E-state index in [2.05, 4.69) is 9.97 Å². The van der Waals surface area contributed by atoms with E-state index in [-0.39, 0.29) is 5.91 Å². The number of fused-ring (bicyclic) bond motifs is 1. The third-order valence-corrected chi connectivity index (χ3v) is 4.35. The van der Waals surface area contributed by atoms with Crippen molar-refractivity contribution in [2.45, 2.75) is 24.0 Å². The molecule has 0 aliphatic heterocycles. The lowest BCUT2D eigenvalue weighted by atomic mass is 10.3. The van der Waals surface area contributed by atoms with E-state index in [0.29, 0.717) is 11.8 Å². The average Bonchev–Trinajstić information content (AvgIpc) is 3.23. The normalized spacial score (nSPS) is 14.5. The van der Waals surface area contributed by atoms with Crippen LogP contribution in [-0.2, 0) is 4.79 Å². The Morgan fingerprint density at radius 2 is 2.35 bits per heavy atom. The van der Waals surface area contributed by atoms with Gasteiger partial charge in [0.25, 0.3) is 0 Å². The molecule has 0 bridgehead atoms. The number of thioether (sulfide) groups is 1. The van der Waals surface area contributed by atoms with Crippen molar-refractivity contribution >= 4 is 28.7 Å². The molecule has 0 unspecified atom stereocenters. The Balaban J connectivity index is 1.66. The predicted molar refractivity (Wildman–Crippen MR) is 79.2 cm³/mol. The van der Waals surface area contributed by atoms with E-state index >= 15 is 0 Å². The van der Waals surface area contributed by atoms with Crippen molar-refractivity contribution in [2.24, 2.45) is 0 Å². The second-order valence-corrected chi connectivity index (χ2v) is 5.91. The van der Waals surface area contributed by atoms with Gasteiger partial charge in [0.05, 0.1) is 23.9 Å². The second kappa shape index (κ2) is 5.36. The highest BCUT2D eigenvalue weighted by molar-refractivity contribution is 7.99. The molecule has 1 amide bonds. The van der Waals surface area contributed by atoms with Crippen molar-refractivity contribution in [1.29, 1.82) is 0 Å². The zero-order valence-electron chi connectivity index (χ0n) is 11.5. The summed E-state index contributed by atoms with van der Waals surface area (Å²) in [6.45, 7) is 0. The summed E-state index contributed by atoms with van der Waals surface area (Å²) in [5, 5.41) is 0.769. The van der Waals surface area contributed by atoms with E-state index in [1.807, 2.05) is 30.1 Å². The van der Waals surface area contributed by atoms with Crippen LogP contribution in [0.2, 0.25) is 0 Å². The Morgan fingerprint density at radius 1 is 1.55 bits per heavy atom. The highest BCUT2D eigenvalue weighted by Crippen LogP contribution is 2.27. The first-order chi connectivity index (χ1) is 9.67. The van der Waals surface area contributed by atoms with Gasteiger partial charge in [0, 0.05) is 19.2 Å². The topological polar surface area (TPSA) is 58.2 Å². The second-order valence-electron chi connectivity index (χ2n) is 4.95. The van der Waals surface area contributed by atoms with E-state index < -0.39 is 0 Å². The minimum absolute atomic E-state index is 0.163. The van der Waals surface area contributed by atoms with E-state index in [4.69, 9.17) is 4.74 Å². The van der Waals surface area contributed by atoms with Gasteiger partial charge < -0.3 is 14.6 Å². The number of hydrogen-bond donors (Lipinski definition) is 1. The molecule has 1 aromatic heterocycles. The quantitative estimate of drug-likeness (QED) is 0.859. The first-order valence-electron chi connectivity index (χ1n) is 6.59. The minimum Gasteiger partial charge on any atom is -0.497 e. The number of carbonyl (C=O) groups is 1. The fourth-order valence-electron chi connectivity index (χ4n) is 2.06. The summed E-state index contributed by atoms with van der Waals surface area (Å²) in [5.41, 5.74) is 1.81. The number of carbonyl (C=O) groups excluding carboxylic acids is 1. The SMILES string of the molecule is COc1ccc2nc(SCC(=O)N(C)C3CC3)[nH]c2c1. The molecular weight excluding hydrogens is 274 g/mol. The standard InChI is InChI=1S/C14H17N3O2S/c1-17(9-3-4-9)13(18)8-20-14-15-11-6-5-10(19-2)7-12(11)16-14/h5-7,9H,3-4,8H2,1-2H3,(H,15,16). The Morgan fingerprint density at radius 3 is 3.05 bits per heavy atom. The van der Waals surface area contributed by atoms with Crippen molar-refractivity contribution in [1.82, 2.24) is 14.9 Å². The first kappa shape index (κ1) is 13.3. The number of aromatic amines is 1. The number of H-pyrrole nitrogens is 1. The molecule has 3 rings (SSSR count). The van der Waals surface area contributed by atoms with Crippen LogP contribution in [0.1, 0.15) is 12.8 Å². The van der Waals surface area contributed by atoms with Crippen LogP contribution >= 0.6 is 11.8 Å². The molecule has 1 heterocycles. The molecule has 2 aromatic rings. The number of ether oxygens (including phenoxy) is 1. The summed E-state index contributed by atoms with van der Waals surface area (Å²) < 4.78 is 5.18.